The first-order chi connectivity index (χ1) is 7.73. The summed E-state index contributed by atoms with van der Waals surface area (Å²) in [4.78, 5) is 15.6. The largest absolute Gasteiger partial charge is 0.410 e. The van der Waals surface area contributed by atoms with Crippen molar-refractivity contribution in [1.82, 2.24) is 0 Å². The van der Waals surface area contributed by atoms with Crippen molar-refractivity contribution in [3.8, 4) is 0 Å². The number of carbonyl (C=O) groups is 1. The molecule has 16 heavy (non-hydrogen) atoms. The van der Waals surface area contributed by atoms with Gasteiger partial charge >= 0.3 is 5.97 Å². The van der Waals surface area contributed by atoms with Crippen LogP contribution in [0.2, 0.25) is 0 Å². The fraction of sp³-hybridized carbons (Fsp3) is 0.846. The monoisotopic (exact) mass is 219 g/mol. The number of ether oxygens (including phenoxy) is 1. The molecule has 4 bridgehead atoms. The van der Waals surface area contributed by atoms with Gasteiger partial charge in [0.2, 0.25) is 5.90 Å². The van der Waals surface area contributed by atoms with Crippen LogP contribution in [0.1, 0.15) is 38.5 Å². The lowest BCUT2D eigenvalue weighted by Crippen LogP contribution is -2.50. The van der Waals surface area contributed by atoms with E-state index in [1.54, 1.807) is 0 Å². The van der Waals surface area contributed by atoms with Gasteiger partial charge in [-0.2, -0.15) is 0 Å². The Kier molecular flexibility index (Phi) is 1.65. The minimum atomic E-state index is -0.147. The van der Waals surface area contributed by atoms with E-state index in [1.807, 2.05) is 0 Å². The molecule has 3 nitrogen and oxygen atoms in total. The zero-order valence-corrected chi connectivity index (χ0v) is 9.45. The van der Waals surface area contributed by atoms with Crippen molar-refractivity contribution in [3.05, 3.63) is 0 Å². The molecule has 0 N–H and O–H groups in total. The molecule has 0 atom stereocenters. The van der Waals surface area contributed by atoms with Crippen LogP contribution in [-0.4, -0.2) is 18.4 Å². The quantitative estimate of drug-likeness (QED) is 0.634. The minimum Gasteiger partial charge on any atom is -0.410 e. The Morgan fingerprint density at radius 1 is 1.06 bits per heavy atom. The van der Waals surface area contributed by atoms with E-state index in [1.165, 1.54) is 38.5 Å². The summed E-state index contributed by atoms with van der Waals surface area (Å²) in [5, 5.41) is 0. The van der Waals surface area contributed by atoms with E-state index in [4.69, 9.17) is 4.74 Å². The normalized spacial score (nSPS) is 49.4. The second-order valence-corrected chi connectivity index (χ2v) is 6.29. The third-order valence-corrected chi connectivity index (χ3v) is 5.05. The molecule has 0 aromatic heterocycles. The summed E-state index contributed by atoms with van der Waals surface area (Å²) in [5.74, 6) is 3.30. The van der Waals surface area contributed by atoms with E-state index < -0.39 is 0 Å². The van der Waals surface area contributed by atoms with Crippen LogP contribution < -0.4 is 0 Å². The van der Waals surface area contributed by atoms with E-state index in [0.717, 1.165) is 23.7 Å². The Morgan fingerprint density at radius 2 is 1.62 bits per heavy atom. The summed E-state index contributed by atoms with van der Waals surface area (Å²) >= 11 is 0. The van der Waals surface area contributed by atoms with Gasteiger partial charge in [-0.3, -0.25) is 0 Å². The summed E-state index contributed by atoms with van der Waals surface area (Å²) < 4.78 is 5.36. The van der Waals surface area contributed by atoms with E-state index >= 15 is 0 Å². The van der Waals surface area contributed by atoms with Gasteiger partial charge in [0.05, 0.1) is 0 Å². The van der Waals surface area contributed by atoms with Gasteiger partial charge in [0, 0.05) is 5.41 Å². The van der Waals surface area contributed by atoms with Gasteiger partial charge in [0.15, 0.2) is 0 Å². The van der Waals surface area contributed by atoms with Gasteiger partial charge in [-0.25, -0.2) is 9.79 Å². The lowest BCUT2D eigenvalue weighted by Gasteiger charge is -2.55. The van der Waals surface area contributed by atoms with Crippen LogP contribution in [0.15, 0.2) is 4.99 Å². The highest BCUT2D eigenvalue weighted by molar-refractivity contribution is 5.98. The first-order valence-electron chi connectivity index (χ1n) is 6.49. The number of hydrogen-bond acceptors (Lipinski definition) is 3. The van der Waals surface area contributed by atoms with Gasteiger partial charge in [0.1, 0.15) is 6.54 Å². The highest BCUT2D eigenvalue weighted by Crippen LogP contribution is 2.60. The molecule has 3 heteroatoms. The molecule has 5 rings (SSSR count). The molecule has 0 radical (unpaired) electrons. The summed E-state index contributed by atoms with van der Waals surface area (Å²) in [5.41, 5.74) is 0.168. The lowest BCUT2D eigenvalue weighted by atomic mass is 9.49. The van der Waals surface area contributed by atoms with Crippen molar-refractivity contribution in [3.63, 3.8) is 0 Å². The average molecular weight is 219 g/mol. The van der Waals surface area contributed by atoms with Crippen LogP contribution in [-0.2, 0) is 9.53 Å². The highest BCUT2D eigenvalue weighted by Gasteiger charge is 2.55. The lowest BCUT2D eigenvalue weighted by molar-refractivity contribution is -0.133. The van der Waals surface area contributed by atoms with Crippen LogP contribution >= 0.6 is 0 Å². The molecule has 0 unspecified atom stereocenters. The Bertz CT molecular complexity index is 350. The number of rotatable bonds is 1. The third-order valence-electron chi connectivity index (χ3n) is 5.05. The first kappa shape index (κ1) is 9.20. The molecule has 4 saturated carbocycles. The second kappa shape index (κ2) is 2.88. The minimum absolute atomic E-state index is 0.147. The SMILES string of the molecule is O=C1CN=C(C23CC4CC(CC(C4)C2)C3)O1. The third kappa shape index (κ3) is 1.14. The van der Waals surface area contributed by atoms with Gasteiger partial charge in [0.25, 0.3) is 0 Å². The van der Waals surface area contributed by atoms with E-state index in [-0.39, 0.29) is 17.9 Å². The van der Waals surface area contributed by atoms with Crippen molar-refractivity contribution >= 4 is 11.9 Å². The number of carbonyl (C=O) groups excluding carboxylic acids is 1. The number of esters is 1. The fourth-order valence-electron chi connectivity index (χ4n) is 4.96. The van der Waals surface area contributed by atoms with Crippen molar-refractivity contribution in [1.29, 1.82) is 0 Å². The number of cyclic esters (lactones) is 1. The molecule has 1 aliphatic heterocycles. The molecule has 4 fully saturated rings. The topological polar surface area (TPSA) is 38.7 Å². The van der Waals surface area contributed by atoms with Crippen LogP contribution in [0.4, 0.5) is 0 Å². The molecule has 0 amide bonds. The molecule has 0 aromatic carbocycles. The molecule has 5 aliphatic rings. The fourth-order valence-corrected chi connectivity index (χ4v) is 4.96. The average Bonchev–Trinajstić information content (AvgIpc) is 2.63. The standard InChI is InChI=1S/C13H17NO2/c15-11-7-14-12(16-11)13-4-8-1-9(5-13)3-10(2-8)6-13/h8-10H,1-7H2. The Balaban J connectivity index is 1.69. The summed E-state index contributed by atoms with van der Waals surface area (Å²) in [6, 6.07) is 0. The van der Waals surface area contributed by atoms with Crippen LogP contribution in [0.5, 0.6) is 0 Å². The smallest absolute Gasteiger partial charge is 0.334 e. The summed E-state index contributed by atoms with van der Waals surface area (Å²) in [6.07, 6.45) is 7.93. The van der Waals surface area contributed by atoms with Crippen LogP contribution in [0.25, 0.3) is 0 Å². The van der Waals surface area contributed by atoms with Gasteiger partial charge < -0.3 is 4.74 Å². The molecule has 4 aliphatic carbocycles. The summed E-state index contributed by atoms with van der Waals surface area (Å²) in [6.45, 7) is 0.261. The van der Waals surface area contributed by atoms with Crippen molar-refractivity contribution < 1.29 is 9.53 Å². The van der Waals surface area contributed by atoms with Crippen LogP contribution in [0, 0.1) is 23.2 Å². The second-order valence-electron chi connectivity index (χ2n) is 6.29. The molecule has 0 saturated heterocycles. The maximum absolute atomic E-state index is 11.2. The van der Waals surface area contributed by atoms with Gasteiger partial charge in [-0.15, -0.1) is 0 Å². The number of aliphatic imine (C=N–C) groups is 1. The van der Waals surface area contributed by atoms with E-state index in [2.05, 4.69) is 4.99 Å². The maximum Gasteiger partial charge on any atom is 0.334 e. The van der Waals surface area contributed by atoms with E-state index in [0.29, 0.717) is 0 Å². The Morgan fingerprint density at radius 3 is 2.06 bits per heavy atom. The predicted octanol–water partition coefficient (Wildman–Crippen LogP) is 2.16. The molecule has 86 valence electrons. The predicted molar refractivity (Wildman–Crippen MR) is 59.0 cm³/mol. The van der Waals surface area contributed by atoms with Crippen molar-refractivity contribution in [2.24, 2.45) is 28.2 Å². The number of hydrogen-bond donors (Lipinski definition) is 0. The zero-order chi connectivity index (χ0) is 10.8. The molecule has 1 heterocycles. The van der Waals surface area contributed by atoms with E-state index in [9.17, 15) is 4.79 Å². The zero-order valence-electron chi connectivity index (χ0n) is 9.45. The summed E-state index contributed by atoms with van der Waals surface area (Å²) in [7, 11) is 0. The molecular weight excluding hydrogens is 202 g/mol. The van der Waals surface area contributed by atoms with Gasteiger partial charge in [-0.1, -0.05) is 0 Å². The van der Waals surface area contributed by atoms with Crippen molar-refractivity contribution in [2.75, 3.05) is 6.54 Å². The van der Waals surface area contributed by atoms with Gasteiger partial charge in [-0.05, 0) is 56.3 Å². The van der Waals surface area contributed by atoms with Crippen molar-refractivity contribution in [2.45, 2.75) is 38.5 Å². The molecule has 0 spiro atoms. The molecule has 0 aromatic rings. The highest BCUT2D eigenvalue weighted by atomic mass is 16.6. The first-order valence-corrected chi connectivity index (χ1v) is 6.49. The Hall–Kier alpha value is -0.860. The van der Waals surface area contributed by atoms with Crippen LogP contribution in [0.3, 0.4) is 0 Å². The molecular formula is C13H17NO2. The Labute approximate surface area is 95.3 Å². The maximum atomic E-state index is 11.2. The number of nitrogens with zero attached hydrogens (tertiary/aromatic N) is 1.